The number of carbonyl (C=O) groups is 1. The molecule has 2 nitrogen and oxygen atoms in total. The molecule has 2 aromatic carbocycles. The second kappa shape index (κ2) is 6.17. The molecular weight excluding hydrogens is 290 g/mol. The Bertz CT molecular complexity index is 546. The van der Waals surface area contributed by atoms with Crippen molar-refractivity contribution in [1.29, 1.82) is 0 Å². The second-order valence-electron chi connectivity index (χ2n) is 3.74. The van der Waals surface area contributed by atoms with Crippen LogP contribution in [0.1, 0.15) is 5.56 Å². The van der Waals surface area contributed by atoms with Gasteiger partial charge in [0.05, 0.1) is 0 Å². The van der Waals surface area contributed by atoms with Crippen LogP contribution in [0.4, 0.5) is 5.69 Å². The summed E-state index contributed by atoms with van der Waals surface area (Å²) in [5.41, 5.74) is 1.78. The van der Waals surface area contributed by atoms with Gasteiger partial charge < -0.3 is 5.32 Å². The van der Waals surface area contributed by atoms with Crippen LogP contribution in [0.3, 0.4) is 0 Å². The first-order valence-corrected chi connectivity index (χ1v) is 6.33. The number of nitrogens with one attached hydrogen (secondary N) is 1. The van der Waals surface area contributed by atoms with Crippen LogP contribution in [0.25, 0.3) is 6.08 Å². The third kappa shape index (κ3) is 3.86. The number of rotatable bonds is 3. The smallest absolute Gasteiger partial charge is 0.248 e. The van der Waals surface area contributed by atoms with Crippen LogP contribution < -0.4 is 5.32 Å². The molecule has 0 saturated heterocycles. The van der Waals surface area contributed by atoms with E-state index in [1.54, 1.807) is 6.08 Å². The maximum absolute atomic E-state index is 11.6. The summed E-state index contributed by atoms with van der Waals surface area (Å²) < 4.78 is 1.02. The Labute approximate surface area is 114 Å². The molecule has 90 valence electrons. The normalized spacial score (nSPS) is 10.5. The van der Waals surface area contributed by atoms with Crippen molar-refractivity contribution in [2.24, 2.45) is 0 Å². The van der Waals surface area contributed by atoms with Crippen molar-refractivity contribution in [3.05, 3.63) is 70.7 Å². The predicted octanol–water partition coefficient (Wildman–Crippen LogP) is 4.10. The Morgan fingerprint density at radius 3 is 2.33 bits per heavy atom. The molecule has 0 bridgehead atoms. The van der Waals surface area contributed by atoms with Gasteiger partial charge in [0.25, 0.3) is 0 Å². The summed E-state index contributed by atoms with van der Waals surface area (Å²) in [6, 6.07) is 17.1. The number of amides is 1. The zero-order valence-corrected chi connectivity index (χ0v) is 11.2. The van der Waals surface area contributed by atoms with Crippen LogP contribution in [0.15, 0.2) is 65.1 Å². The van der Waals surface area contributed by atoms with E-state index in [2.05, 4.69) is 21.2 Å². The molecule has 0 unspecified atom stereocenters. The van der Waals surface area contributed by atoms with Gasteiger partial charge in [0.2, 0.25) is 5.91 Å². The molecule has 0 aromatic heterocycles. The van der Waals surface area contributed by atoms with Gasteiger partial charge in [-0.15, -0.1) is 0 Å². The van der Waals surface area contributed by atoms with Crippen LogP contribution >= 0.6 is 15.9 Å². The molecular formula is C15H12BrNO. The Hall–Kier alpha value is -1.87. The SMILES string of the molecule is O=C(/C=C\c1ccc(Br)cc1)Nc1ccccc1. The van der Waals surface area contributed by atoms with Crippen molar-refractivity contribution in [3.8, 4) is 0 Å². The largest absolute Gasteiger partial charge is 0.323 e. The summed E-state index contributed by atoms with van der Waals surface area (Å²) in [6.45, 7) is 0. The lowest BCUT2D eigenvalue weighted by molar-refractivity contribution is -0.111. The molecule has 0 atom stereocenters. The third-order valence-corrected chi connectivity index (χ3v) is 2.87. The maximum atomic E-state index is 11.6. The van der Waals surface area contributed by atoms with E-state index in [0.717, 1.165) is 15.7 Å². The molecule has 0 saturated carbocycles. The molecule has 2 rings (SSSR count). The minimum Gasteiger partial charge on any atom is -0.323 e. The van der Waals surface area contributed by atoms with E-state index in [4.69, 9.17) is 0 Å². The minimum absolute atomic E-state index is 0.135. The summed E-state index contributed by atoms with van der Waals surface area (Å²) in [6.07, 6.45) is 3.31. The Balaban J connectivity index is 1.97. The molecule has 0 aliphatic carbocycles. The van der Waals surface area contributed by atoms with Crippen LogP contribution in [-0.4, -0.2) is 5.91 Å². The van der Waals surface area contributed by atoms with Crippen molar-refractivity contribution in [2.45, 2.75) is 0 Å². The monoisotopic (exact) mass is 301 g/mol. The number of anilines is 1. The highest BCUT2D eigenvalue weighted by Crippen LogP contribution is 2.11. The van der Waals surface area contributed by atoms with E-state index >= 15 is 0 Å². The van der Waals surface area contributed by atoms with E-state index in [9.17, 15) is 4.79 Å². The molecule has 0 fully saturated rings. The molecule has 1 N–H and O–H groups in total. The van der Waals surface area contributed by atoms with Crippen LogP contribution in [0, 0.1) is 0 Å². The molecule has 0 heterocycles. The van der Waals surface area contributed by atoms with Crippen molar-refractivity contribution in [2.75, 3.05) is 5.32 Å². The highest BCUT2D eigenvalue weighted by Gasteiger charge is 1.96. The Morgan fingerprint density at radius 2 is 1.67 bits per heavy atom. The van der Waals surface area contributed by atoms with Crippen molar-refractivity contribution >= 4 is 33.6 Å². The van der Waals surface area contributed by atoms with Gasteiger partial charge in [0.1, 0.15) is 0 Å². The van der Waals surface area contributed by atoms with Crippen molar-refractivity contribution < 1.29 is 4.79 Å². The Kier molecular flexibility index (Phi) is 4.31. The van der Waals surface area contributed by atoms with Gasteiger partial charge in [0, 0.05) is 16.2 Å². The van der Waals surface area contributed by atoms with Crippen molar-refractivity contribution in [1.82, 2.24) is 0 Å². The number of para-hydroxylation sites is 1. The lowest BCUT2D eigenvalue weighted by atomic mass is 10.2. The first kappa shape index (κ1) is 12.6. The lowest BCUT2D eigenvalue weighted by Crippen LogP contribution is -2.07. The van der Waals surface area contributed by atoms with E-state index in [1.807, 2.05) is 54.6 Å². The molecule has 0 aliphatic heterocycles. The fraction of sp³-hybridized carbons (Fsp3) is 0. The lowest BCUT2D eigenvalue weighted by Gasteiger charge is -2.00. The molecule has 0 aliphatic rings. The van der Waals surface area contributed by atoms with Gasteiger partial charge in [0.15, 0.2) is 0 Å². The fourth-order valence-corrected chi connectivity index (χ4v) is 1.72. The third-order valence-electron chi connectivity index (χ3n) is 2.34. The van der Waals surface area contributed by atoms with Gasteiger partial charge in [-0.1, -0.05) is 46.3 Å². The van der Waals surface area contributed by atoms with E-state index in [0.29, 0.717) is 0 Å². The van der Waals surface area contributed by atoms with E-state index < -0.39 is 0 Å². The van der Waals surface area contributed by atoms with Gasteiger partial charge in [-0.25, -0.2) is 0 Å². The number of hydrogen-bond donors (Lipinski definition) is 1. The number of benzene rings is 2. The van der Waals surface area contributed by atoms with Crippen LogP contribution in [0.5, 0.6) is 0 Å². The molecule has 3 heteroatoms. The van der Waals surface area contributed by atoms with Gasteiger partial charge >= 0.3 is 0 Å². The molecule has 0 radical (unpaired) electrons. The standard InChI is InChI=1S/C15H12BrNO/c16-13-9-6-12(7-10-13)8-11-15(18)17-14-4-2-1-3-5-14/h1-11H,(H,17,18)/b11-8-. The van der Waals surface area contributed by atoms with Gasteiger partial charge in [-0.05, 0) is 35.9 Å². The molecule has 18 heavy (non-hydrogen) atoms. The average Bonchev–Trinajstić information content (AvgIpc) is 2.39. The highest BCUT2D eigenvalue weighted by molar-refractivity contribution is 9.10. The van der Waals surface area contributed by atoms with Gasteiger partial charge in [-0.2, -0.15) is 0 Å². The highest BCUT2D eigenvalue weighted by atomic mass is 79.9. The zero-order chi connectivity index (χ0) is 12.8. The summed E-state index contributed by atoms with van der Waals surface area (Å²) in [5.74, 6) is -0.135. The second-order valence-corrected chi connectivity index (χ2v) is 4.66. The first-order chi connectivity index (χ1) is 8.74. The maximum Gasteiger partial charge on any atom is 0.248 e. The zero-order valence-electron chi connectivity index (χ0n) is 9.64. The van der Waals surface area contributed by atoms with Crippen LogP contribution in [-0.2, 0) is 4.79 Å². The predicted molar refractivity (Wildman–Crippen MR) is 78.2 cm³/mol. The Morgan fingerprint density at radius 1 is 1.00 bits per heavy atom. The molecule has 1 amide bonds. The fourth-order valence-electron chi connectivity index (χ4n) is 1.45. The molecule has 2 aromatic rings. The number of halogens is 1. The summed E-state index contributed by atoms with van der Waals surface area (Å²) >= 11 is 3.37. The summed E-state index contributed by atoms with van der Waals surface area (Å²) in [5, 5.41) is 2.79. The van der Waals surface area contributed by atoms with E-state index in [-0.39, 0.29) is 5.91 Å². The summed E-state index contributed by atoms with van der Waals surface area (Å²) in [4.78, 5) is 11.6. The van der Waals surface area contributed by atoms with Gasteiger partial charge in [-0.3, -0.25) is 4.79 Å². The van der Waals surface area contributed by atoms with Crippen molar-refractivity contribution in [3.63, 3.8) is 0 Å². The average molecular weight is 302 g/mol. The van der Waals surface area contributed by atoms with Crippen LogP contribution in [0.2, 0.25) is 0 Å². The van der Waals surface area contributed by atoms with E-state index in [1.165, 1.54) is 6.08 Å². The topological polar surface area (TPSA) is 29.1 Å². The quantitative estimate of drug-likeness (QED) is 0.850. The summed E-state index contributed by atoms with van der Waals surface area (Å²) in [7, 11) is 0. The first-order valence-electron chi connectivity index (χ1n) is 5.54. The number of hydrogen-bond acceptors (Lipinski definition) is 1. The number of carbonyl (C=O) groups excluding carboxylic acids is 1. The molecule has 0 spiro atoms. The minimum atomic E-state index is -0.135.